The van der Waals surface area contributed by atoms with Crippen molar-refractivity contribution in [1.82, 2.24) is 14.8 Å². The molecule has 0 bridgehead atoms. The summed E-state index contributed by atoms with van der Waals surface area (Å²) in [5.74, 6) is -0.143. The second kappa shape index (κ2) is 7.15. The van der Waals surface area contributed by atoms with Gasteiger partial charge in [0.1, 0.15) is 0 Å². The van der Waals surface area contributed by atoms with Crippen LogP contribution in [0.5, 0.6) is 0 Å². The topological polar surface area (TPSA) is 63.6 Å². The van der Waals surface area contributed by atoms with E-state index < -0.39 is 0 Å². The number of methoxy groups -OCH3 is 1. The van der Waals surface area contributed by atoms with Gasteiger partial charge in [-0.25, -0.2) is 4.79 Å². The summed E-state index contributed by atoms with van der Waals surface area (Å²) in [6, 6.07) is 3.86. The van der Waals surface area contributed by atoms with Crippen LogP contribution < -0.4 is 5.32 Å². The minimum atomic E-state index is -0.171. The molecule has 1 aromatic rings. The number of ether oxygens (including phenoxy) is 1. The fourth-order valence-electron chi connectivity index (χ4n) is 2.75. The zero-order chi connectivity index (χ0) is 15.2. The molecule has 2 atom stereocenters. The Balaban J connectivity index is 1.75. The number of nitrogens with one attached hydrogen (secondary N) is 1. The van der Waals surface area contributed by atoms with Gasteiger partial charge in [0.05, 0.1) is 13.0 Å². The van der Waals surface area contributed by atoms with Crippen molar-refractivity contribution < 1.29 is 14.3 Å². The molecule has 0 radical (unpaired) electrons. The number of carbonyl (C=O) groups is 2. The van der Waals surface area contributed by atoms with Gasteiger partial charge in [0.25, 0.3) is 0 Å². The zero-order valence-corrected chi connectivity index (χ0v) is 12.6. The van der Waals surface area contributed by atoms with Crippen LogP contribution in [0.3, 0.4) is 0 Å². The van der Waals surface area contributed by atoms with Gasteiger partial charge in [-0.15, -0.1) is 0 Å². The molecule has 1 fully saturated rings. The van der Waals surface area contributed by atoms with Crippen LogP contribution in [-0.4, -0.2) is 48.2 Å². The molecule has 1 aliphatic heterocycles. The van der Waals surface area contributed by atoms with Crippen molar-refractivity contribution in [3.05, 3.63) is 24.5 Å². The molecule has 0 unspecified atom stereocenters. The molecule has 0 aliphatic carbocycles. The maximum Gasteiger partial charge on any atom is 0.317 e. The highest BCUT2D eigenvalue weighted by Crippen LogP contribution is 2.24. The quantitative estimate of drug-likeness (QED) is 0.852. The van der Waals surface area contributed by atoms with Gasteiger partial charge in [-0.1, -0.05) is 6.92 Å². The molecule has 0 aromatic carbocycles. The molecule has 1 aliphatic rings. The number of likely N-dealkylation sites (tertiary alicyclic amines) is 1. The lowest BCUT2D eigenvalue weighted by molar-refractivity contribution is -0.148. The number of hydrogen-bond donors (Lipinski definition) is 1. The number of urea groups is 1. The number of carbonyl (C=O) groups excluding carboxylic acids is 2. The summed E-state index contributed by atoms with van der Waals surface area (Å²) in [5.41, 5.74) is 0. The molecule has 6 nitrogen and oxygen atoms in total. The van der Waals surface area contributed by atoms with E-state index in [4.69, 9.17) is 4.74 Å². The zero-order valence-electron chi connectivity index (χ0n) is 12.6. The highest BCUT2D eigenvalue weighted by Gasteiger charge is 2.33. The summed E-state index contributed by atoms with van der Waals surface area (Å²) in [6.07, 6.45) is 4.60. The molecule has 0 saturated carbocycles. The van der Waals surface area contributed by atoms with Crippen molar-refractivity contribution in [3.63, 3.8) is 0 Å². The average molecular weight is 293 g/mol. The largest absolute Gasteiger partial charge is 0.469 e. The molecule has 116 valence electrons. The Labute approximate surface area is 125 Å². The molecule has 0 spiro atoms. The van der Waals surface area contributed by atoms with Crippen molar-refractivity contribution in [2.75, 3.05) is 26.7 Å². The van der Waals surface area contributed by atoms with Gasteiger partial charge in [-0.3, -0.25) is 4.79 Å². The van der Waals surface area contributed by atoms with Crippen LogP contribution >= 0.6 is 0 Å². The minimum Gasteiger partial charge on any atom is -0.469 e. The van der Waals surface area contributed by atoms with E-state index in [0.29, 0.717) is 26.1 Å². The normalized spacial score (nSPS) is 21.9. The maximum atomic E-state index is 12.1. The van der Waals surface area contributed by atoms with Gasteiger partial charge in [0, 0.05) is 38.6 Å². The Bertz CT molecular complexity index is 473. The second-order valence-corrected chi connectivity index (χ2v) is 5.49. The van der Waals surface area contributed by atoms with E-state index in [1.165, 1.54) is 7.11 Å². The monoisotopic (exact) mass is 293 g/mol. The van der Waals surface area contributed by atoms with Gasteiger partial charge < -0.3 is 19.5 Å². The molecular formula is C15H23N3O3. The van der Waals surface area contributed by atoms with Crippen molar-refractivity contribution in [3.8, 4) is 0 Å². The van der Waals surface area contributed by atoms with Crippen molar-refractivity contribution in [2.24, 2.45) is 11.8 Å². The van der Waals surface area contributed by atoms with E-state index in [0.717, 1.165) is 6.54 Å². The molecule has 2 rings (SSSR count). The Morgan fingerprint density at radius 3 is 2.67 bits per heavy atom. The van der Waals surface area contributed by atoms with E-state index in [1.54, 1.807) is 4.90 Å². The highest BCUT2D eigenvalue weighted by molar-refractivity contribution is 5.76. The lowest BCUT2D eigenvalue weighted by atomic mass is 9.87. The predicted molar refractivity (Wildman–Crippen MR) is 78.7 cm³/mol. The van der Waals surface area contributed by atoms with Crippen LogP contribution in [0.4, 0.5) is 4.79 Å². The molecule has 1 aromatic heterocycles. The molecule has 2 amide bonds. The summed E-state index contributed by atoms with van der Waals surface area (Å²) in [7, 11) is 1.41. The number of amides is 2. The number of rotatable bonds is 4. The minimum absolute atomic E-state index is 0.0580. The predicted octanol–water partition coefficient (Wildman–Crippen LogP) is 1.33. The Kier molecular flexibility index (Phi) is 5.25. The number of piperidine rings is 1. The van der Waals surface area contributed by atoms with Gasteiger partial charge in [-0.05, 0) is 24.5 Å². The maximum absolute atomic E-state index is 12.1. The number of aromatic nitrogens is 1. The summed E-state index contributed by atoms with van der Waals surface area (Å²) < 4.78 is 6.82. The van der Waals surface area contributed by atoms with Crippen molar-refractivity contribution >= 4 is 12.0 Å². The summed E-state index contributed by atoms with van der Waals surface area (Å²) in [6.45, 7) is 4.53. The third-order valence-corrected chi connectivity index (χ3v) is 4.01. The van der Waals surface area contributed by atoms with Gasteiger partial charge in [0.15, 0.2) is 0 Å². The number of nitrogens with zero attached hydrogens (tertiary/aromatic N) is 2. The van der Waals surface area contributed by atoms with E-state index in [2.05, 4.69) is 5.32 Å². The van der Waals surface area contributed by atoms with Crippen LogP contribution in [0.25, 0.3) is 0 Å². The molecule has 1 saturated heterocycles. The highest BCUT2D eigenvalue weighted by atomic mass is 16.5. The van der Waals surface area contributed by atoms with E-state index in [1.807, 2.05) is 36.0 Å². The Morgan fingerprint density at radius 2 is 2.05 bits per heavy atom. The summed E-state index contributed by atoms with van der Waals surface area (Å²) >= 11 is 0. The van der Waals surface area contributed by atoms with Crippen molar-refractivity contribution in [2.45, 2.75) is 19.9 Å². The fraction of sp³-hybridized carbons (Fsp3) is 0.600. The average Bonchev–Trinajstić information content (AvgIpc) is 2.99. The third-order valence-electron chi connectivity index (χ3n) is 4.01. The van der Waals surface area contributed by atoms with E-state index >= 15 is 0 Å². The van der Waals surface area contributed by atoms with E-state index in [9.17, 15) is 9.59 Å². The SMILES string of the molecule is COC(=O)[C@H]1CCN(C(=O)NCCn2cccc2)C[C@H]1C. The molecule has 6 heteroatoms. The van der Waals surface area contributed by atoms with Crippen LogP contribution in [0.1, 0.15) is 13.3 Å². The molecular weight excluding hydrogens is 270 g/mol. The lowest BCUT2D eigenvalue weighted by Crippen LogP contribution is -2.49. The van der Waals surface area contributed by atoms with Crippen LogP contribution in [-0.2, 0) is 16.1 Å². The van der Waals surface area contributed by atoms with Gasteiger partial charge >= 0.3 is 12.0 Å². The third kappa shape index (κ3) is 4.00. The number of hydrogen-bond acceptors (Lipinski definition) is 3. The Hall–Kier alpha value is -1.98. The smallest absolute Gasteiger partial charge is 0.317 e. The number of esters is 1. The first-order chi connectivity index (χ1) is 10.1. The van der Waals surface area contributed by atoms with Gasteiger partial charge in [-0.2, -0.15) is 0 Å². The first-order valence-electron chi connectivity index (χ1n) is 7.33. The van der Waals surface area contributed by atoms with Crippen LogP contribution in [0.2, 0.25) is 0 Å². The van der Waals surface area contributed by atoms with Gasteiger partial charge in [0.2, 0.25) is 0 Å². The standard InChI is InChI=1S/C15H23N3O3/c1-12-11-18(9-5-13(12)14(19)21-2)15(20)16-6-10-17-7-3-4-8-17/h3-4,7-8,12-13H,5-6,9-11H2,1-2H3,(H,16,20)/t12-,13+/m1/s1. The second-order valence-electron chi connectivity index (χ2n) is 5.49. The van der Waals surface area contributed by atoms with Crippen molar-refractivity contribution in [1.29, 1.82) is 0 Å². The van der Waals surface area contributed by atoms with E-state index in [-0.39, 0.29) is 23.8 Å². The molecule has 21 heavy (non-hydrogen) atoms. The molecule has 2 heterocycles. The Morgan fingerprint density at radius 1 is 1.33 bits per heavy atom. The fourth-order valence-corrected chi connectivity index (χ4v) is 2.75. The summed E-state index contributed by atoms with van der Waals surface area (Å²) in [5, 5.41) is 2.92. The van der Waals surface area contributed by atoms with Crippen LogP contribution in [0, 0.1) is 11.8 Å². The lowest BCUT2D eigenvalue weighted by Gasteiger charge is -2.35. The first-order valence-corrected chi connectivity index (χ1v) is 7.33. The first kappa shape index (κ1) is 15.4. The molecule has 1 N–H and O–H groups in total. The summed E-state index contributed by atoms with van der Waals surface area (Å²) in [4.78, 5) is 25.5. The van der Waals surface area contributed by atoms with Crippen LogP contribution in [0.15, 0.2) is 24.5 Å².